The molecule has 126 valence electrons. The summed E-state index contributed by atoms with van der Waals surface area (Å²) in [6.45, 7) is 0. The zero-order chi connectivity index (χ0) is 16.9. The fourth-order valence-corrected chi connectivity index (χ4v) is 2.86. The normalized spacial score (nSPS) is 20.8. The number of hydrogen-bond donors (Lipinski definition) is 2. The van der Waals surface area contributed by atoms with E-state index in [1.807, 2.05) is 12.1 Å². The predicted molar refractivity (Wildman–Crippen MR) is 86.5 cm³/mol. The molecule has 1 aliphatic carbocycles. The summed E-state index contributed by atoms with van der Waals surface area (Å²) in [6.07, 6.45) is 8.20. The Morgan fingerprint density at radius 2 is 2.00 bits per heavy atom. The molecule has 2 aromatic heterocycles. The zero-order valence-corrected chi connectivity index (χ0v) is 13.4. The quantitative estimate of drug-likeness (QED) is 0.821. The number of rotatable bonds is 6. The largest absolute Gasteiger partial charge is 0.467 e. The van der Waals surface area contributed by atoms with Gasteiger partial charge in [-0.05, 0) is 42.9 Å². The number of nitrogens with one attached hydrogen (secondary N) is 1. The highest BCUT2D eigenvalue weighted by atomic mass is 16.5. The van der Waals surface area contributed by atoms with Gasteiger partial charge in [-0.1, -0.05) is 0 Å². The molecule has 0 spiro atoms. The number of pyridine rings is 1. The molecule has 0 unspecified atom stereocenters. The van der Waals surface area contributed by atoms with Crippen LogP contribution in [0.1, 0.15) is 28.8 Å². The van der Waals surface area contributed by atoms with Gasteiger partial charge >= 0.3 is 6.01 Å². The highest BCUT2D eigenvalue weighted by Crippen LogP contribution is 2.31. The second-order valence-corrected chi connectivity index (χ2v) is 5.98. The highest BCUT2D eigenvalue weighted by molar-refractivity contribution is 5.93. The zero-order valence-electron chi connectivity index (χ0n) is 13.4. The fraction of sp³-hybridized carbons (Fsp3) is 0.412. The molecule has 0 aromatic carbocycles. The summed E-state index contributed by atoms with van der Waals surface area (Å²) in [5.41, 5.74) is 1.48. The number of ether oxygens (including phenoxy) is 1. The van der Waals surface area contributed by atoms with Gasteiger partial charge in [-0.15, -0.1) is 0 Å². The molecule has 1 atom stereocenters. The molecule has 2 aromatic rings. The van der Waals surface area contributed by atoms with Crippen LogP contribution in [0.3, 0.4) is 0 Å². The van der Waals surface area contributed by atoms with Gasteiger partial charge < -0.3 is 15.2 Å². The summed E-state index contributed by atoms with van der Waals surface area (Å²) in [4.78, 5) is 24.4. The minimum absolute atomic E-state index is 0.0506. The van der Waals surface area contributed by atoms with Gasteiger partial charge in [0.1, 0.15) is 0 Å². The summed E-state index contributed by atoms with van der Waals surface area (Å²) < 4.78 is 4.90. The van der Waals surface area contributed by atoms with Crippen LogP contribution in [0.4, 0.5) is 0 Å². The molecular formula is C17H20N4O3. The maximum absolute atomic E-state index is 12.5. The predicted octanol–water partition coefficient (Wildman–Crippen LogP) is 0.992. The number of hydrogen-bond acceptors (Lipinski definition) is 6. The highest BCUT2D eigenvalue weighted by Gasteiger charge is 2.35. The standard InChI is InChI=1S/C17H20N4O3/c1-24-17-19-9-13(10-20-17)16(23)21-15(12-7-14(22)8-12)6-11-2-4-18-5-3-11/h2-5,9-10,12,14-15,22H,6-8H2,1H3,(H,21,23)/t12?,14?,15-/m0/s1. The molecule has 7 heteroatoms. The minimum Gasteiger partial charge on any atom is -0.467 e. The maximum Gasteiger partial charge on any atom is 0.316 e. The van der Waals surface area contributed by atoms with Gasteiger partial charge in [0.15, 0.2) is 0 Å². The Hall–Kier alpha value is -2.54. The summed E-state index contributed by atoms with van der Waals surface area (Å²) in [6, 6.07) is 4.04. The molecule has 0 aliphatic heterocycles. The maximum atomic E-state index is 12.5. The van der Waals surface area contributed by atoms with E-state index in [0.717, 1.165) is 5.56 Å². The van der Waals surface area contributed by atoms with Crippen molar-refractivity contribution in [2.75, 3.05) is 7.11 Å². The lowest BCUT2D eigenvalue weighted by Crippen LogP contribution is -2.48. The first-order valence-corrected chi connectivity index (χ1v) is 7.89. The van der Waals surface area contributed by atoms with Gasteiger partial charge in [0.2, 0.25) is 0 Å². The van der Waals surface area contributed by atoms with E-state index in [4.69, 9.17) is 4.74 Å². The average Bonchev–Trinajstić information content (AvgIpc) is 2.59. The van der Waals surface area contributed by atoms with Crippen molar-refractivity contribution in [1.29, 1.82) is 0 Å². The Kier molecular flexibility index (Phi) is 5.00. The Labute approximate surface area is 140 Å². The van der Waals surface area contributed by atoms with Crippen LogP contribution in [0.25, 0.3) is 0 Å². The number of aliphatic hydroxyl groups is 1. The third-order valence-electron chi connectivity index (χ3n) is 4.31. The lowest BCUT2D eigenvalue weighted by atomic mass is 9.75. The van der Waals surface area contributed by atoms with Crippen LogP contribution in [0.2, 0.25) is 0 Å². The molecule has 0 radical (unpaired) electrons. The molecule has 1 amide bonds. The molecule has 3 rings (SSSR count). The van der Waals surface area contributed by atoms with Crippen molar-refractivity contribution >= 4 is 5.91 Å². The van der Waals surface area contributed by atoms with Crippen LogP contribution in [0.5, 0.6) is 6.01 Å². The molecular weight excluding hydrogens is 308 g/mol. The molecule has 2 N–H and O–H groups in total. The fourth-order valence-electron chi connectivity index (χ4n) is 2.86. The molecule has 24 heavy (non-hydrogen) atoms. The van der Waals surface area contributed by atoms with Gasteiger partial charge in [-0.3, -0.25) is 9.78 Å². The van der Waals surface area contributed by atoms with E-state index in [0.29, 0.717) is 24.8 Å². The first-order valence-electron chi connectivity index (χ1n) is 7.89. The van der Waals surface area contributed by atoms with Crippen molar-refractivity contribution in [3.63, 3.8) is 0 Å². The monoisotopic (exact) mass is 328 g/mol. The van der Waals surface area contributed by atoms with E-state index in [9.17, 15) is 9.90 Å². The third kappa shape index (κ3) is 3.86. The molecule has 7 nitrogen and oxygen atoms in total. The minimum atomic E-state index is -0.267. The number of nitrogens with zero attached hydrogens (tertiary/aromatic N) is 3. The van der Waals surface area contributed by atoms with Gasteiger partial charge in [-0.2, -0.15) is 0 Å². The third-order valence-corrected chi connectivity index (χ3v) is 4.31. The van der Waals surface area contributed by atoms with Crippen LogP contribution in [0, 0.1) is 5.92 Å². The van der Waals surface area contributed by atoms with Gasteiger partial charge in [0.05, 0.1) is 18.8 Å². The second kappa shape index (κ2) is 7.35. The number of aliphatic hydroxyl groups excluding tert-OH is 1. The van der Waals surface area contributed by atoms with Crippen LogP contribution < -0.4 is 10.1 Å². The van der Waals surface area contributed by atoms with Crippen LogP contribution in [-0.2, 0) is 6.42 Å². The molecule has 0 bridgehead atoms. The topological polar surface area (TPSA) is 97.2 Å². The van der Waals surface area contributed by atoms with Crippen molar-refractivity contribution in [3.05, 3.63) is 48.0 Å². The second-order valence-electron chi connectivity index (χ2n) is 5.98. The van der Waals surface area contributed by atoms with Crippen molar-refractivity contribution < 1.29 is 14.6 Å². The van der Waals surface area contributed by atoms with Crippen molar-refractivity contribution in [2.24, 2.45) is 5.92 Å². The van der Waals surface area contributed by atoms with Crippen LogP contribution >= 0.6 is 0 Å². The number of amides is 1. The number of carbonyl (C=O) groups excluding carboxylic acids is 1. The van der Waals surface area contributed by atoms with Gasteiger partial charge in [0, 0.05) is 30.8 Å². The van der Waals surface area contributed by atoms with Crippen molar-refractivity contribution in [1.82, 2.24) is 20.3 Å². The van der Waals surface area contributed by atoms with E-state index in [1.54, 1.807) is 12.4 Å². The first kappa shape index (κ1) is 16.3. The van der Waals surface area contributed by atoms with E-state index in [-0.39, 0.29) is 30.0 Å². The van der Waals surface area contributed by atoms with E-state index < -0.39 is 0 Å². The van der Waals surface area contributed by atoms with Crippen molar-refractivity contribution in [2.45, 2.75) is 31.4 Å². The Morgan fingerprint density at radius 3 is 2.58 bits per heavy atom. The SMILES string of the molecule is COc1ncc(C(=O)N[C@@H](Cc2ccncc2)C2CC(O)C2)cn1. The summed E-state index contributed by atoms with van der Waals surface area (Å²) in [5.74, 6) is 0.0365. The molecule has 0 saturated heterocycles. The van der Waals surface area contributed by atoms with Crippen LogP contribution in [0.15, 0.2) is 36.9 Å². The van der Waals surface area contributed by atoms with Gasteiger partial charge in [-0.25, -0.2) is 9.97 Å². The summed E-state index contributed by atoms with van der Waals surface area (Å²) in [5, 5.41) is 12.6. The summed E-state index contributed by atoms with van der Waals surface area (Å²) in [7, 11) is 1.47. The van der Waals surface area contributed by atoms with E-state index in [2.05, 4.69) is 20.3 Å². The van der Waals surface area contributed by atoms with Crippen LogP contribution in [-0.4, -0.2) is 45.2 Å². The Morgan fingerprint density at radius 1 is 1.33 bits per heavy atom. The molecule has 1 fully saturated rings. The van der Waals surface area contributed by atoms with E-state index >= 15 is 0 Å². The molecule has 1 saturated carbocycles. The first-order chi connectivity index (χ1) is 11.7. The Bertz CT molecular complexity index is 672. The average molecular weight is 328 g/mol. The number of aromatic nitrogens is 3. The van der Waals surface area contributed by atoms with E-state index in [1.165, 1.54) is 19.5 Å². The lowest BCUT2D eigenvalue weighted by Gasteiger charge is -2.38. The van der Waals surface area contributed by atoms with Gasteiger partial charge in [0.25, 0.3) is 5.91 Å². The lowest BCUT2D eigenvalue weighted by molar-refractivity contribution is 0.0239. The number of methoxy groups -OCH3 is 1. The molecule has 2 heterocycles. The number of carbonyl (C=O) groups is 1. The smallest absolute Gasteiger partial charge is 0.316 e. The summed E-state index contributed by atoms with van der Waals surface area (Å²) >= 11 is 0. The van der Waals surface area contributed by atoms with Crippen molar-refractivity contribution in [3.8, 4) is 6.01 Å². The Balaban J connectivity index is 1.69. The molecule has 1 aliphatic rings.